The lowest BCUT2D eigenvalue weighted by molar-refractivity contribution is -0.130. The number of aryl methyl sites for hydroxylation is 2. The summed E-state index contributed by atoms with van der Waals surface area (Å²) in [5.74, 6) is -0.453. The monoisotopic (exact) mass is 346 g/mol. The highest BCUT2D eigenvalue weighted by Crippen LogP contribution is 2.20. The number of halogens is 1. The second kappa shape index (κ2) is 7.00. The van der Waals surface area contributed by atoms with Crippen LogP contribution in [0.25, 0.3) is 11.4 Å². The van der Waals surface area contributed by atoms with Crippen molar-refractivity contribution in [2.24, 2.45) is 11.7 Å². The third kappa shape index (κ3) is 3.84. The minimum absolute atomic E-state index is 0.0788. The third-order valence-corrected chi connectivity index (χ3v) is 4.39. The van der Waals surface area contributed by atoms with Crippen molar-refractivity contribution in [1.29, 1.82) is 0 Å². The van der Waals surface area contributed by atoms with E-state index in [1.807, 2.05) is 0 Å². The molecule has 132 valence electrons. The molecule has 0 radical (unpaired) electrons. The molecular formula is C17H19FN4O3. The molecular weight excluding hydrogens is 327 g/mol. The highest BCUT2D eigenvalue weighted by Gasteiger charge is 2.29. The van der Waals surface area contributed by atoms with Crippen LogP contribution < -0.4 is 5.73 Å². The number of nitrogens with two attached hydrogens (primary N) is 1. The first-order valence-corrected chi connectivity index (χ1v) is 8.10. The zero-order valence-corrected chi connectivity index (χ0v) is 13.9. The largest absolute Gasteiger partial charge is 0.369 e. The summed E-state index contributed by atoms with van der Waals surface area (Å²) in [7, 11) is 0. The van der Waals surface area contributed by atoms with Crippen molar-refractivity contribution >= 4 is 11.8 Å². The molecule has 1 aromatic heterocycles. The second-order valence-corrected chi connectivity index (χ2v) is 6.20. The Kier molecular flexibility index (Phi) is 4.78. The van der Waals surface area contributed by atoms with E-state index in [0.29, 0.717) is 36.5 Å². The molecule has 0 aliphatic carbocycles. The van der Waals surface area contributed by atoms with Crippen LogP contribution in [0, 0.1) is 18.7 Å². The van der Waals surface area contributed by atoms with E-state index < -0.39 is 0 Å². The summed E-state index contributed by atoms with van der Waals surface area (Å²) in [4.78, 5) is 29.2. The Hall–Kier alpha value is -2.77. The molecule has 0 spiro atoms. The topological polar surface area (TPSA) is 102 Å². The number of amides is 2. The maximum absolute atomic E-state index is 13.6. The van der Waals surface area contributed by atoms with E-state index in [1.54, 1.807) is 24.0 Å². The van der Waals surface area contributed by atoms with Crippen molar-refractivity contribution in [1.82, 2.24) is 15.0 Å². The van der Waals surface area contributed by atoms with Gasteiger partial charge in [-0.15, -0.1) is 0 Å². The normalized spacial score (nSPS) is 17.0. The Balaban J connectivity index is 1.58. The van der Waals surface area contributed by atoms with Crippen LogP contribution >= 0.6 is 0 Å². The molecule has 2 amide bonds. The fraction of sp³-hybridized carbons (Fsp3) is 0.412. The van der Waals surface area contributed by atoms with Gasteiger partial charge in [0.25, 0.3) is 0 Å². The fourth-order valence-electron chi connectivity index (χ4n) is 2.80. The number of hydrogen-bond acceptors (Lipinski definition) is 5. The molecule has 0 saturated carbocycles. The van der Waals surface area contributed by atoms with E-state index in [0.717, 1.165) is 0 Å². The zero-order chi connectivity index (χ0) is 18.0. The van der Waals surface area contributed by atoms with E-state index in [9.17, 15) is 14.0 Å². The predicted octanol–water partition coefficient (Wildman–Crippen LogP) is 1.45. The molecule has 1 aliphatic rings. The first-order chi connectivity index (χ1) is 11.9. The predicted molar refractivity (Wildman–Crippen MR) is 86.6 cm³/mol. The molecule has 0 bridgehead atoms. The first kappa shape index (κ1) is 17.1. The van der Waals surface area contributed by atoms with Crippen LogP contribution in [0.5, 0.6) is 0 Å². The van der Waals surface area contributed by atoms with Crippen molar-refractivity contribution in [3.8, 4) is 11.4 Å². The molecule has 1 fully saturated rings. The van der Waals surface area contributed by atoms with Gasteiger partial charge in [0.05, 0.1) is 5.92 Å². The maximum atomic E-state index is 13.6. The van der Waals surface area contributed by atoms with Crippen LogP contribution in [-0.2, 0) is 16.0 Å². The van der Waals surface area contributed by atoms with Gasteiger partial charge in [0.1, 0.15) is 5.82 Å². The number of hydrogen-bond donors (Lipinski definition) is 1. The quantitative estimate of drug-likeness (QED) is 0.883. The average Bonchev–Trinajstić information content (AvgIpc) is 3.24. The molecule has 2 N–H and O–H groups in total. The molecule has 1 atom stereocenters. The number of aromatic nitrogens is 2. The molecule has 1 unspecified atom stereocenters. The molecule has 8 heteroatoms. The number of benzene rings is 1. The first-order valence-electron chi connectivity index (χ1n) is 8.10. The molecule has 1 aromatic carbocycles. The minimum Gasteiger partial charge on any atom is -0.369 e. The molecule has 1 aliphatic heterocycles. The Bertz CT molecular complexity index is 805. The van der Waals surface area contributed by atoms with Crippen molar-refractivity contribution < 1.29 is 18.5 Å². The maximum Gasteiger partial charge on any atom is 0.227 e. The van der Waals surface area contributed by atoms with Crippen molar-refractivity contribution in [3.63, 3.8) is 0 Å². The Labute approximate surface area is 144 Å². The average molecular weight is 346 g/mol. The van der Waals surface area contributed by atoms with Crippen LogP contribution in [0.4, 0.5) is 4.39 Å². The number of likely N-dealkylation sites (tertiary alicyclic amines) is 1. The summed E-state index contributed by atoms with van der Waals surface area (Å²) in [5.41, 5.74) is 6.33. The van der Waals surface area contributed by atoms with E-state index in [2.05, 4.69) is 10.1 Å². The molecule has 2 aromatic rings. The molecule has 7 nitrogen and oxygen atoms in total. The number of rotatable bonds is 5. The number of carbonyl (C=O) groups excluding carboxylic acids is 2. The smallest absolute Gasteiger partial charge is 0.227 e. The molecule has 2 heterocycles. The Morgan fingerprint density at radius 3 is 2.92 bits per heavy atom. The number of nitrogens with zero attached hydrogens (tertiary/aromatic N) is 3. The second-order valence-electron chi connectivity index (χ2n) is 6.20. The molecule has 3 rings (SSSR count). The van der Waals surface area contributed by atoms with Gasteiger partial charge in [0.2, 0.25) is 23.5 Å². The number of primary amides is 1. The van der Waals surface area contributed by atoms with Crippen molar-refractivity contribution in [2.45, 2.75) is 26.2 Å². The van der Waals surface area contributed by atoms with Gasteiger partial charge >= 0.3 is 0 Å². The lowest BCUT2D eigenvalue weighted by atomic mass is 10.1. The van der Waals surface area contributed by atoms with Crippen LogP contribution in [0.2, 0.25) is 0 Å². The van der Waals surface area contributed by atoms with Gasteiger partial charge < -0.3 is 15.2 Å². The van der Waals surface area contributed by atoms with E-state index in [4.69, 9.17) is 10.3 Å². The van der Waals surface area contributed by atoms with Crippen LogP contribution in [0.3, 0.4) is 0 Å². The lowest BCUT2D eigenvalue weighted by Crippen LogP contribution is -2.31. The van der Waals surface area contributed by atoms with Crippen LogP contribution in [0.15, 0.2) is 22.7 Å². The van der Waals surface area contributed by atoms with Gasteiger partial charge in [0.15, 0.2) is 0 Å². The Morgan fingerprint density at radius 1 is 1.44 bits per heavy atom. The summed E-state index contributed by atoms with van der Waals surface area (Å²) >= 11 is 0. The van der Waals surface area contributed by atoms with Crippen molar-refractivity contribution in [3.05, 3.63) is 35.5 Å². The van der Waals surface area contributed by atoms with Gasteiger partial charge in [-0.1, -0.05) is 17.3 Å². The van der Waals surface area contributed by atoms with Crippen LogP contribution in [-0.4, -0.2) is 39.9 Å². The minimum atomic E-state index is -0.373. The van der Waals surface area contributed by atoms with E-state index in [1.165, 1.54) is 6.07 Å². The zero-order valence-electron chi connectivity index (χ0n) is 13.9. The summed E-state index contributed by atoms with van der Waals surface area (Å²) in [5, 5.41) is 3.83. The van der Waals surface area contributed by atoms with Crippen LogP contribution in [0.1, 0.15) is 24.3 Å². The molecule has 1 saturated heterocycles. The standard InChI is InChI=1S/C17H19FN4O3/c1-10-2-3-11(8-13(10)18)17-20-14(25-21-17)4-5-15(23)22-7-6-12(9-22)16(19)24/h2-3,8,12H,4-7,9H2,1H3,(H2,19,24). The summed E-state index contributed by atoms with van der Waals surface area (Å²) in [6, 6.07) is 4.71. The fourth-order valence-corrected chi connectivity index (χ4v) is 2.80. The van der Waals surface area contributed by atoms with Crippen molar-refractivity contribution in [2.75, 3.05) is 13.1 Å². The summed E-state index contributed by atoms with van der Waals surface area (Å²) in [6.45, 7) is 2.57. The SMILES string of the molecule is Cc1ccc(-c2noc(CCC(=O)N3CCC(C(N)=O)C3)n2)cc1F. The van der Waals surface area contributed by atoms with Gasteiger partial charge in [-0.25, -0.2) is 4.39 Å². The molecule has 25 heavy (non-hydrogen) atoms. The van der Waals surface area contributed by atoms with Gasteiger partial charge in [-0.2, -0.15) is 4.98 Å². The van der Waals surface area contributed by atoms with Gasteiger partial charge in [-0.3, -0.25) is 9.59 Å². The van der Waals surface area contributed by atoms with E-state index >= 15 is 0 Å². The summed E-state index contributed by atoms with van der Waals surface area (Å²) < 4.78 is 18.8. The van der Waals surface area contributed by atoms with E-state index in [-0.39, 0.29) is 42.2 Å². The van der Waals surface area contributed by atoms with Gasteiger partial charge in [0, 0.05) is 31.5 Å². The highest BCUT2D eigenvalue weighted by molar-refractivity contribution is 5.81. The lowest BCUT2D eigenvalue weighted by Gasteiger charge is -2.15. The summed E-state index contributed by atoms with van der Waals surface area (Å²) in [6.07, 6.45) is 1.10. The number of carbonyl (C=O) groups is 2. The third-order valence-electron chi connectivity index (χ3n) is 4.39. The Morgan fingerprint density at radius 2 is 2.24 bits per heavy atom. The highest BCUT2D eigenvalue weighted by atomic mass is 19.1. The van der Waals surface area contributed by atoms with Gasteiger partial charge in [-0.05, 0) is 25.0 Å².